The molecule has 0 fully saturated rings. The summed E-state index contributed by atoms with van der Waals surface area (Å²) in [6, 6.07) is 15.3. The van der Waals surface area contributed by atoms with E-state index < -0.39 is 23.4 Å². The van der Waals surface area contributed by atoms with Crippen LogP contribution in [0.5, 0.6) is 23.0 Å². The van der Waals surface area contributed by atoms with E-state index in [-0.39, 0.29) is 4.70 Å². The van der Waals surface area contributed by atoms with Crippen LogP contribution in [0.4, 0.5) is 8.78 Å². The fourth-order valence-corrected chi connectivity index (χ4v) is 4.49. The molecule has 1 aromatic heterocycles. The maximum atomic E-state index is 15.1. The van der Waals surface area contributed by atoms with Gasteiger partial charge in [-0.2, -0.15) is 0 Å². The van der Waals surface area contributed by atoms with Crippen molar-refractivity contribution in [3.63, 3.8) is 0 Å². The molecule has 4 aromatic rings. The predicted molar refractivity (Wildman–Crippen MR) is 128 cm³/mol. The van der Waals surface area contributed by atoms with Crippen molar-refractivity contribution in [2.75, 3.05) is 21.3 Å². The summed E-state index contributed by atoms with van der Waals surface area (Å²) in [7, 11) is 4.09. The van der Waals surface area contributed by atoms with Crippen LogP contribution in [0.25, 0.3) is 26.6 Å². The van der Waals surface area contributed by atoms with Crippen molar-refractivity contribution in [3.05, 3.63) is 77.9 Å². The topological polar surface area (TPSA) is 54.0 Å². The minimum atomic E-state index is -0.820. The second kappa shape index (κ2) is 9.93. The molecule has 0 unspecified atom stereocenters. The van der Waals surface area contributed by atoms with Gasteiger partial charge in [-0.15, -0.1) is 11.3 Å². The van der Waals surface area contributed by atoms with Gasteiger partial charge in [0.15, 0.2) is 23.1 Å². The van der Waals surface area contributed by atoms with Crippen molar-refractivity contribution in [2.24, 2.45) is 0 Å². The molecule has 0 bridgehead atoms. The Bertz CT molecular complexity index is 1360. The van der Waals surface area contributed by atoms with E-state index >= 15 is 4.39 Å². The normalized spacial score (nSPS) is 11.1. The van der Waals surface area contributed by atoms with Crippen LogP contribution in [-0.4, -0.2) is 27.3 Å². The Labute approximate surface area is 198 Å². The summed E-state index contributed by atoms with van der Waals surface area (Å²) in [5.41, 5.74) is 1.51. The summed E-state index contributed by atoms with van der Waals surface area (Å²) in [6.45, 7) is 0. The molecule has 0 amide bonds. The van der Waals surface area contributed by atoms with Gasteiger partial charge in [0.1, 0.15) is 11.5 Å². The summed E-state index contributed by atoms with van der Waals surface area (Å²) in [6.07, 6.45) is 2.92. The van der Waals surface area contributed by atoms with Crippen LogP contribution < -0.4 is 14.2 Å². The number of thiophene rings is 1. The number of esters is 1. The Morgan fingerprint density at radius 1 is 0.882 bits per heavy atom. The molecule has 0 atom stereocenters. The van der Waals surface area contributed by atoms with Crippen LogP contribution in [0, 0.1) is 11.6 Å². The van der Waals surface area contributed by atoms with Gasteiger partial charge in [0, 0.05) is 11.5 Å². The van der Waals surface area contributed by atoms with Gasteiger partial charge in [0.25, 0.3) is 0 Å². The first-order valence-corrected chi connectivity index (χ1v) is 10.9. The van der Waals surface area contributed by atoms with E-state index in [0.29, 0.717) is 27.5 Å². The highest BCUT2D eigenvalue weighted by molar-refractivity contribution is 7.22. The molecule has 3 aromatic carbocycles. The number of carbonyl (C=O) groups excluding carboxylic acids is 1. The van der Waals surface area contributed by atoms with Crippen molar-refractivity contribution < 1.29 is 32.5 Å². The zero-order valence-electron chi connectivity index (χ0n) is 18.6. The standard InChI is InChI=1S/C26H20F2O5S/c1-30-17-11-7-16(8-12-17)25-23(19-14-20(27)24(32-3)22(28)26(19)34-25)33-18-9-4-15(5-10-18)6-13-21(29)31-2/h4-14H,1-3H3/b13-6+. The van der Waals surface area contributed by atoms with Crippen molar-refractivity contribution in [3.8, 4) is 33.4 Å². The summed E-state index contributed by atoms with van der Waals surface area (Å²) >= 11 is 1.14. The smallest absolute Gasteiger partial charge is 0.330 e. The molecule has 0 radical (unpaired) electrons. The lowest BCUT2D eigenvalue weighted by Gasteiger charge is -2.10. The molecular formula is C26H20F2O5S. The number of rotatable bonds is 7. The Kier molecular flexibility index (Phi) is 6.79. The summed E-state index contributed by atoms with van der Waals surface area (Å²) < 4.78 is 50.7. The third-order valence-electron chi connectivity index (χ3n) is 5.06. The maximum Gasteiger partial charge on any atom is 0.330 e. The largest absolute Gasteiger partial charge is 0.497 e. The lowest BCUT2D eigenvalue weighted by molar-refractivity contribution is -0.134. The van der Waals surface area contributed by atoms with Crippen LogP contribution >= 0.6 is 11.3 Å². The third kappa shape index (κ3) is 4.58. The minimum absolute atomic E-state index is 0.219. The Balaban J connectivity index is 1.79. The minimum Gasteiger partial charge on any atom is -0.497 e. The number of fused-ring (bicyclic) bond motifs is 1. The molecule has 5 nitrogen and oxygen atoms in total. The van der Waals surface area contributed by atoms with E-state index in [2.05, 4.69) is 4.74 Å². The van der Waals surface area contributed by atoms with Gasteiger partial charge in [-0.3, -0.25) is 0 Å². The highest BCUT2D eigenvalue weighted by atomic mass is 32.1. The van der Waals surface area contributed by atoms with Crippen molar-refractivity contribution in [1.82, 2.24) is 0 Å². The second-order valence-corrected chi connectivity index (χ2v) is 8.12. The summed E-state index contributed by atoms with van der Waals surface area (Å²) in [5.74, 6) is -1.06. The first kappa shape index (κ1) is 23.3. The Morgan fingerprint density at radius 2 is 1.56 bits per heavy atom. The average molecular weight is 483 g/mol. The number of ether oxygens (including phenoxy) is 4. The first-order chi connectivity index (χ1) is 16.4. The lowest BCUT2D eigenvalue weighted by atomic mass is 10.1. The monoisotopic (exact) mass is 482 g/mol. The number of halogens is 2. The van der Waals surface area contributed by atoms with Gasteiger partial charge < -0.3 is 18.9 Å². The van der Waals surface area contributed by atoms with Crippen LogP contribution in [0.1, 0.15) is 5.56 Å². The van der Waals surface area contributed by atoms with E-state index in [1.165, 1.54) is 26.4 Å². The number of hydrogen-bond donors (Lipinski definition) is 0. The van der Waals surface area contributed by atoms with Crippen molar-refractivity contribution >= 4 is 33.5 Å². The molecule has 8 heteroatoms. The Morgan fingerprint density at radius 3 is 2.18 bits per heavy atom. The van der Waals surface area contributed by atoms with E-state index in [1.807, 2.05) is 12.1 Å². The van der Waals surface area contributed by atoms with E-state index in [1.54, 1.807) is 49.6 Å². The van der Waals surface area contributed by atoms with Gasteiger partial charge in [-0.05, 0) is 59.7 Å². The van der Waals surface area contributed by atoms with Crippen LogP contribution in [0.15, 0.2) is 60.7 Å². The quantitative estimate of drug-likeness (QED) is 0.213. The number of hydrogen-bond acceptors (Lipinski definition) is 6. The molecule has 0 aliphatic carbocycles. The Hall–Kier alpha value is -3.91. The van der Waals surface area contributed by atoms with Crippen molar-refractivity contribution in [1.29, 1.82) is 0 Å². The highest BCUT2D eigenvalue weighted by Gasteiger charge is 2.24. The van der Waals surface area contributed by atoms with Crippen LogP contribution in [0.3, 0.4) is 0 Å². The van der Waals surface area contributed by atoms with Crippen LogP contribution in [-0.2, 0) is 9.53 Å². The maximum absolute atomic E-state index is 15.1. The average Bonchev–Trinajstić information content (AvgIpc) is 3.21. The molecule has 0 saturated heterocycles. The zero-order valence-corrected chi connectivity index (χ0v) is 19.4. The highest BCUT2D eigenvalue weighted by Crippen LogP contribution is 2.49. The van der Waals surface area contributed by atoms with Crippen LogP contribution in [0.2, 0.25) is 0 Å². The molecule has 0 spiro atoms. The number of methoxy groups -OCH3 is 3. The second-order valence-electron chi connectivity index (χ2n) is 7.10. The SMILES string of the molecule is COC(=O)/C=C/c1ccc(Oc2c(-c3ccc(OC)cc3)sc3c(F)c(OC)c(F)cc23)cc1. The molecule has 0 aliphatic rings. The summed E-state index contributed by atoms with van der Waals surface area (Å²) in [4.78, 5) is 11.9. The van der Waals surface area contributed by atoms with Gasteiger partial charge in [-0.25, -0.2) is 13.6 Å². The lowest BCUT2D eigenvalue weighted by Crippen LogP contribution is -1.93. The molecule has 1 heterocycles. The van der Waals surface area contributed by atoms with Gasteiger partial charge in [0.05, 0.1) is 30.9 Å². The molecule has 0 N–H and O–H groups in total. The van der Waals surface area contributed by atoms with Gasteiger partial charge in [-0.1, -0.05) is 12.1 Å². The van der Waals surface area contributed by atoms with E-state index in [9.17, 15) is 9.18 Å². The molecule has 4 rings (SSSR count). The summed E-state index contributed by atoms with van der Waals surface area (Å²) in [5, 5.41) is 0.293. The number of benzene rings is 3. The molecule has 0 saturated carbocycles. The van der Waals surface area contributed by atoms with Crippen molar-refractivity contribution in [2.45, 2.75) is 0 Å². The zero-order chi connectivity index (χ0) is 24.2. The third-order valence-corrected chi connectivity index (χ3v) is 6.28. The predicted octanol–water partition coefficient (Wildman–Crippen LogP) is 6.84. The number of carbonyl (C=O) groups is 1. The van der Waals surface area contributed by atoms with Gasteiger partial charge in [0.2, 0.25) is 0 Å². The molecule has 0 aliphatic heterocycles. The molecule has 34 heavy (non-hydrogen) atoms. The fraction of sp³-hybridized carbons (Fsp3) is 0.115. The molecule has 174 valence electrons. The van der Waals surface area contributed by atoms with E-state index in [0.717, 1.165) is 22.5 Å². The van der Waals surface area contributed by atoms with Gasteiger partial charge >= 0.3 is 5.97 Å². The fourth-order valence-electron chi connectivity index (χ4n) is 3.34. The first-order valence-electron chi connectivity index (χ1n) is 10.1. The van der Waals surface area contributed by atoms with E-state index in [4.69, 9.17) is 14.2 Å². The molecular weight excluding hydrogens is 462 g/mol.